The van der Waals surface area contributed by atoms with Crippen LogP contribution in [0.15, 0.2) is 6.07 Å². The second kappa shape index (κ2) is 4.31. The number of pyridine rings is 1. The van der Waals surface area contributed by atoms with Crippen LogP contribution in [0.1, 0.15) is 24.6 Å². The van der Waals surface area contributed by atoms with E-state index < -0.39 is 0 Å². The molecule has 0 bridgehead atoms. The summed E-state index contributed by atoms with van der Waals surface area (Å²) in [6.07, 6.45) is 1.13. The molecule has 0 aromatic carbocycles. The molecular formula is C11H19N3. The summed E-state index contributed by atoms with van der Waals surface area (Å²) in [7, 11) is 2.06. The van der Waals surface area contributed by atoms with Gasteiger partial charge in [-0.25, -0.2) is 4.98 Å². The molecule has 1 aromatic rings. The maximum absolute atomic E-state index is 5.84. The largest absolute Gasteiger partial charge is 0.397 e. The molecule has 0 atom stereocenters. The summed E-state index contributed by atoms with van der Waals surface area (Å²) in [5.41, 5.74) is 8.67. The highest BCUT2D eigenvalue weighted by molar-refractivity contribution is 5.56. The van der Waals surface area contributed by atoms with E-state index in [4.69, 9.17) is 5.73 Å². The summed E-state index contributed by atoms with van der Waals surface area (Å²) in [4.78, 5) is 6.61. The van der Waals surface area contributed by atoms with Gasteiger partial charge in [0.15, 0.2) is 0 Å². The fourth-order valence-corrected chi connectivity index (χ4v) is 1.47. The number of aryl methyl sites for hydroxylation is 2. The molecule has 1 aromatic heterocycles. The molecule has 0 aliphatic heterocycles. The minimum atomic E-state index is 0.804. The number of nitrogens with zero attached hydrogens (tertiary/aromatic N) is 2. The standard InChI is InChI=1S/C11H19N3/c1-5-6-14(4)10-7-8(2)11(12)9(3)13-10/h7H,5-6,12H2,1-4H3. The number of rotatable bonds is 3. The lowest BCUT2D eigenvalue weighted by Crippen LogP contribution is -2.19. The van der Waals surface area contributed by atoms with Crippen LogP contribution in [0, 0.1) is 13.8 Å². The zero-order valence-electron chi connectivity index (χ0n) is 9.46. The van der Waals surface area contributed by atoms with Gasteiger partial charge >= 0.3 is 0 Å². The molecule has 0 unspecified atom stereocenters. The highest BCUT2D eigenvalue weighted by Gasteiger charge is 2.06. The molecule has 1 rings (SSSR count). The lowest BCUT2D eigenvalue weighted by molar-refractivity contribution is 0.834. The Bertz CT molecular complexity index is 297. The van der Waals surface area contributed by atoms with Gasteiger partial charge in [-0.2, -0.15) is 0 Å². The van der Waals surface area contributed by atoms with Crippen molar-refractivity contribution in [2.75, 3.05) is 24.2 Å². The first-order chi connectivity index (χ1) is 6.56. The third-order valence-electron chi connectivity index (χ3n) is 2.39. The summed E-state index contributed by atoms with van der Waals surface area (Å²) in [5.74, 6) is 1.01. The van der Waals surface area contributed by atoms with Crippen LogP contribution in [0.4, 0.5) is 11.5 Å². The average Bonchev–Trinajstić information content (AvgIpc) is 2.13. The van der Waals surface area contributed by atoms with Crippen molar-refractivity contribution in [1.82, 2.24) is 4.98 Å². The molecule has 0 fully saturated rings. The van der Waals surface area contributed by atoms with Crippen LogP contribution in [0.3, 0.4) is 0 Å². The van der Waals surface area contributed by atoms with Crippen LogP contribution in [0.25, 0.3) is 0 Å². The lowest BCUT2D eigenvalue weighted by Gasteiger charge is -2.19. The quantitative estimate of drug-likeness (QED) is 0.799. The summed E-state index contributed by atoms with van der Waals surface area (Å²) in [6.45, 7) is 7.15. The zero-order chi connectivity index (χ0) is 10.7. The molecule has 0 saturated heterocycles. The van der Waals surface area contributed by atoms with Crippen molar-refractivity contribution in [3.63, 3.8) is 0 Å². The van der Waals surface area contributed by atoms with Gasteiger partial charge in [0.2, 0.25) is 0 Å². The van der Waals surface area contributed by atoms with Crippen molar-refractivity contribution in [1.29, 1.82) is 0 Å². The molecule has 2 N–H and O–H groups in total. The van der Waals surface area contributed by atoms with Crippen molar-refractivity contribution < 1.29 is 0 Å². The minimum Gasteiger partial charge on any atom is -0.397 e. The molecule has 0 spiro atoms. The van der Waals surface area contributed by atoms with Gasteiger partial charge < -0.3 is 10.6 Å². The van der Waals surface area contributed by atoms with Crippen molar-refractivity contribution in [2.45, 2.75) is 27.2 Å². The highest BCUT2D eigenvalue weighted by atomic mass is 15.2. The van der Waals surface area contributed by atoms with Gasteiger partial charge in [-0.1, -0.05) is 6.92 Å². The van der Waals surface area contributed by atoms with E-state index in [-0.39, 0.29) is 0 Å². The number of anilines is 2. The Morgan fingerprint density at radius 3 is 2.57 bits per heavy atom. The van der Waals surface area contributed by atoms with E-state index in [1.807, 2.05) is 19.9 Å². The first-order valence-corrected chi connectivity index (χ1v) is 5.01. The second-order valence-electron chi connectivity index (χ2n) is 3.72. The van der Waals surface area contributed by atoms with E-state index >= 15 is 0 Å². The van der Waals surface area contributed by atoms with Crippen LogP contribution >= 0.6 is 0 Å². The van der Waals surface area contributed by atoms with Gasteiger partial charge in [-0.05, 0) is 31.9 Å². The normalized spacial score (nSPS) is 10.3. The van der Waals surface area contributed by atoms with Crippen molar-refractivity contribution in [3.05, 3.63) is 17.3 Å². The minimum absolute atomic E-state index is 0.804. The third-order valence-corrected chi connectivity index (χ3v) is 2.39. The predicted octanol–water partition coefficient (Wildman–Crippen LogP) is 2.13. The molecule has 3 heteroatoms. The molecule has 0 aliphatic rings. The topological polar surface area (TPSA) is 42.1 Å². The molecule has 0 saturated carbocycles. The van der Waals surface area contributed by atoms with Crippen molar-refractivity contribution in [2.24, 2.45) is 0 Å². The SMILES string of the molecule is CCCN(C)c1cc(C)c(N)c(C)n1. The smallest absolute Gasteiger partial charge is 0.128 e. The van der Waals surface area contributed by atoms with Crippen molar-refractivity contribution in [3.8, 4) is 0 Å². The summed E-state index contributed by atoms with van der Waals surface area (Å²) in [5, 5.41) is 0. The van der Waals surface area contributed by atoms with Crippen LogP contribution in [0.2, 0.25) is 0 Å². The highest BCUT2D eigenvalue weighted by Crippen LogP contribution is 2.20. The summed E-state index contributed by atoms with van der Waals surface area (Å²) < 4.78 is 0. The van der Waals surface area contributed by atoms with Gasteiger partial charge in [0, 0.05) is 13.6 Å². The second-order valence-corrected chi connectivity index (χ2v) is 3.72. The van der Waals surface area contributed by atoms with Crippen LogP contribution < -0.4 is 10.6 Å². The van der Waals surface area contributed by atoms with Crippen LogP contribution in [0.5, 0.6) is 0 Å². The first-order valence-electron chi connectivity index (χ1n) is 5.01. The summed E-state index contributed by atoms with van der Waals surface area (Å²) >= 11 is 0. The lowest BCUT2D eigenvalue weighted by atomic mass is 10.2. The van der Waals surface area contributed by atoms with E-state index in [0.717, 1.165) is 35.7 Å². The maximum Gasteiger partial charge on any atom is 0.128 e. The van der Waals surface area contributed by atoms with E-state index in [9.17, 15) is 0 Å². The van der Waals surface area contributed by atoms with Crippen LogP contribution in [-0.2, 0) is 0 Å². The Balaban J connectivity index is 3.00. The van der Waals surface area contributed by atoms with E-state index in [2.05, 4.69) is 23.9 Å². The molecule has 0 radical (unpaired) electrons. The third kappa shape index (κ3) is 2.16. The number of nitrogen functional groups attached to an aromatic ring is 1. The Morgan fingerprint density at radius 2 is 2.07 bits per heavy atom. The van der Waals surface area contributed by atoms with Gasteiger partial charge in [0.05, 0.1) is 11.4 Å². The fourth-order valence-electron chi connectivity index (χ4n) is 1.47. The van der Waals surface area contributed by atoms with E-state index in [0.29, 0.717) is 0 Å². The Kier molecular flexibility index (Phi) is 3.33. The Morgan fingerprint density at radius 1 is 1.43 bits per heavy atom. The average molecular weight is 193 g/mol. The van der Waals surface area contributed by atoms with E-state index in [1.54, 1.807) is 0 Å². The zero-order valence-corrected chi connectivity index (χ0v) is 9.46. The first kappa shape index (κ1) is 10.8. The van der Waals surface area contributed by atoms with E-state index in [1.165, 1.54) is 0 Å². The number of hydrogen-bond acceptors (Lipinski definition) is 3. The molecule has 14 heavy (non-hydrogen) atoms. The Hall–Kier alpha value is -1.25. The molecule has 78 valence electrons. The van der Waals surface area contributed by atoms with Crippen LogP contribution in [-0.4, -0.2) is 18.6 Å². The van der Waals surface area contributed by atoms with Gasteiger partial charge in [-0.15, -0.1) is 0 Å². The molecule has 0 amide bonds. The molecule has 1 heterocycles. The maximum atomic E-state index is 5.84. The number of aromatic nitrogens is 1. The number of hydrogen-bond donors (Lipinski definition) is 1. The molecular weight excluding hydrogens is 174 g/mol. The van der Waals surface area contributed by atoms with Gasteiger partial charge in [-0.3, -0.25) is 0 Å². The fraction of sp³-hybridized carbons (Fsp3) is 0.545. The van der Waals surface area contributed by atoms with Crippen molar-refractivity contribution >= 4 is 11.5 Å². The van der Waals surface area contributed by atoms with Gasteiger partial charge in [0.25, 0.3) is 0 Å². The molecule has 3 nitrogen and oxygen atoms in total. The number of nitrogens with two attached hydrogens (primary N) is 1. The monoisotopic (exact) mass is 193 g/mol. The Labute approximate surface area is 85.9 Å². The summed E-state index contributed by atoms with van der Waals surface area (Å²) in [6, 6.07) is 2.04. The predicted molar refractivity (Wildman–Crippen MR) is 61.7 cm³/mol. The molecule has 0 aliphatic carbocycles. The van der Waals surface area contributed by atoms with Gasteiger partial charge in [0.1, 0.15) is 5.82 Å².